The molecule has 1 aromatic carbocycles. The third kappa shape index (κ3) is 2.43. The normalized spacial score (nSPS) is 17.2. The van der Waals surface area contributed by atoms with E-state index in [1.165, 1.54) is 4.90 Å². The van der Waals surface area contributed by atoms with Crippen LogP contribution in [0, 0.1) is 11.6 Å². The number of halogens is 2. The Morgan fingerprint density at radius 1 is 1.50 bits per heavy atom. The van der Waals surface area contributed by atoms with Gasteiger partial charge in [-0.2, -0.15) is 0 Å². The van der Waals surface area contributed by atoms with Gasteiger partial charge in [-0.05, 0) is 18.6 Å². The number of carbonyl (C=O) groups is 1. The Bertz CT molecular complexity index is 473. The van der Waals surface area contributed by atoms with E-state index in [9.17, 15) is 18.7 Å². The first-order valence-electron chi connectivity index (χ1n) is 5.67. The van der Waals surface area contributed by atoms with E-state index in [2.05, 4.69) is 5.32 Å². The molecule has 1 saturated heterocycles. The molecule has 0 aliphatic carbocycles. The first-order valence-corrected chi connectivity index (χ1v) is 5.67. The van der Waals surface area contributed by atoms with Crippen LogP contribution < -0.4 is 5.32 Å². The second-order valence-corrected chi connectivity index (χ2v) is 4.49. The van der Waals surface area contributed by atoms with Crippen LogP contribution in [-0.2, 0) is 0 Å². The van der Waals surface area contributed by atoms with Crippen molar-refractivity contribution in [3.05, 3.63) is 29.8 Å². The lowest BCUT2D eigenvalue weighted by Crippen LogP contribution is -2.64. The summed E-state index contributed by atoms with van der Waals surface area (Å²) in [6.45, 7) is 2.27. The number of aliphatic hydroxyl groups is 1. The van der Waals surface area contributed by atoms with E-state index in [1.54, 1.807) is 0 Å². The highest BCUT2D eigenvalue weighted by Gasteiger charge is 2.42. The summed E-state index contributed by atoms with van der Waals surface area (Å²) < 4.78 is 26.0. The highest BCUT2D eigenvalue weighted by Crippen LogP contribution is 2.25. The molecule has 18 heavy (non-hydrogen) atoms. The third-order valence-corrected chi connectivity index (χ3v) is 3.09. The molecule has 0 atom stereocenters. The van der Waals surface area contributed by atoms with Crippen molar-refractivity contribution in [2.24, 2.45) is 0 Å². The standard InChI is InChI=1S/C12H14F2N2O2/c1-2-12(18)6-16(7-12)11(17)15-10-4-3-8(13)5-9(10)14/h3-5,18H,2,6-7H2,1H3,(H,15,17). The van der Waals surface area contributed by atoms with Crippen LogP contribution in [0.5, 0.6) is 0 Å². The van der Waals surface area contributed by atoms with E-state index in [0.717, 1.165) is 12.1 Å². The molecule has 0 spiro atoms. The number of anilines is 1. The molecule has 0 aromatic heterocycles. The van der Waals surface area contributed by atoms with Gasteiger partial charge in [-0.1, -0.05) is 6.92 Å². The van der Waals surface area contributed by atoms with Gasteiger partial charge in [0, 0.05) is 6.07 Å². The van der Waals surface area contributed by atoms with Gasteiger partial charge in [-0.15, -0.1) is 0 Å². The molecule has 0 saturated carbocycles. The molecule has 0 radical (unpaired) electrons. The second-order valence-electron chi connectivity index (χ2n) is 4.49. The fraction of sp³-hybridized carbons (Fsp3) is 0.417. The van der Waals surface area contributed by atoms with Gasteiger partial charge >= 0.3 is 6.03 Å². The number of benzene rings is 1. The number of rotatable bonds is 2. The quantitative estimate of drug-likeness (QED) is 0.849. The van der Waals surface area contributed by atoms with Crippen LogP contribution in [0.1, 0.15) is 13.3 Å². The van der Waals surface area contributed by atoms with E-state index in [1.807, 2.05) is 6.92 Å². The van der Waals surface area contributed by atoms with Gasteiger partial charge in [0.2, 0.25) is 0 Å². The first kappa shape index (κ1) is 12.8. The van der Waals surface area contributed by atoms with Crippen LogP contribution >= 0.6 is 0 Å². The molecule has 1 heterocycles. The minimum atomic E-state index is -0.835. The lowest BCUT2D eigenvalue weighted by atomic mass is 9.92. The van der Waals surface area contributed by atoms with E-state index in [4.69, 9.17) is 0 Å². The van der Waals surface area contributed by atoms with Crippen molar-refractivity contribution >= 4 is 11.7 Å². The predicted molar refractivity (Wildman–Crippen MR) is 62.2 cm³/mol. The maximum absolute atomic E-state index is 13.3. The Labute approximate surface area is 103 Å². The summed E-state index contributed by atoms with van der Waals surface area (Å²) in [5.41, 5.74) is -0.910. The molecule has 2 N–H and O–H groups in total. The van der Waals surface area contributed by atoms with Gasteiger partial charge in [0.15, 0.2) is 0 Å². The Morgan fingerprint density at radius 2 is 2.17 bits per heavy atom. The molecule has 6 heteroatoms. The minimum absolute atomic E-state index is 0.0756. The fourth-order valence-corrected chi connectivity index (χ4v) is 1.82. The van der Waals surface area contributed by atoms with Crippen molar-refractivity contribution in [3.8, 4) is 0 Å². The first-order chi connectivity index (χ1) is 8.43. The van der Waals surface area contributed by atoms with Gasteiger partial charge < -0.3 is 15.3 Å². The Morgan fingerprint density at radius 3 is 2.72 bits per heavy atom. The van der Waals surface area contributed by atoms with Crippen LogP contribution in [0.4, 0.5) is 19.3 Å². The van der Waals surface area contributed by atoms with Gasteiger partial charge in [0.25, 0.3) is 0 Å². The Kier molecular flexibility index (Phi) is 3.21. The van der Waals surface area contributed by atoms with Crippen LogP contribution in [0.15, 0.2) is 18.2 Å². The Balaban J connectivity index is 1.97. The fourth-order valence-electron chi connectivity index (χ4n) is 1.82. The zero-order chi connectivity index (χ0) is 13.3. The SMILES string of the molecule is CCC1(O)CN(C(=O)Nc2ccc(F)cc2F)C1. The average Bonchev–Trinajstić information content (AvgIpc) is 2.28. The van der Waals surface area contributed by atoms with Gasteiger partial charge in [-0.25, -0.2) is 13.6 Å². The highest BCUT2D eigenvalue weighted by molar-refractivity contribution is 5.90. The van der Waals surface area contributed by atoms with Crippen LogP contribution in [0.3, 0.4) is 0 Å². The number of carbonyl (C=O) groups excluding carboxylic acids is 1. The monoisotopic (exact) mass is 256 g/mol. The van der Waals surface area contributed by atoms with E-state index >= 15 is 0 Å². The summed E-state index contributed by atoms with van der Waals surface area (Å²) in [7, 11) is 0. The largest absolute Gasteiger partial charge is 0.386 e. The van der Waals surface area contributed by atoms with Gasteiger partial charge in [-0.3, -0.25) is 0 Å². The van der Waals surface area contributed by atoms with Crippen molar-refractivity contribution < 1.29 is 18.7 Å². The summed E-state index contributed by atoms with van der Waals surface area (Å²) in [5, 5.41) is 12.1. The zero-order valence-electron chi connectivity index (χ0n) is 9.91. The van der Waals surface area contributed by atoms with Crippen molar-refractivity contribution in [1.29, 1.82) is 0 Å². The number of amides is 2. The number of nitrogens with one attached hydrogen (secondary N) is 1. The van der Waals surface area contributed by atoms with Gasteiger partial charge in [0.1, 0.15) is 11.6 Å². The molecule has 4 nitrogen and oxygen atoms in total. The van der Waals surface area contributed by atoms with Crippen molar-refractivity contribution in [3.63, 3.8) is 0 Å². The lowest BCUT2D eigenvalue weighted by Gasteiger charge is -2.45. The molecule has 1 aliphatic rings. The van der Waals surface area contributed by atoms with Gasteiger partial charge in [0.05, 0.1) is 24.4 Å². The third-order valence-electron chi connectivity index (χ3n) is 3.09. The van der Waals surface area contributed by atoms with Crippen LogP contribution in [0.25, 0.3) is 0 Å². The number of β-amino-alcohol motifs (C(OH)–C–C–N with tert-alkyl or cyclic N) is 1. The number of urea groups is 1. The summed E-state index contributed by atoms with van der Waals surface area (Å²) in [6, 6.07) is 2.43. The summed E-state index contributed by atoms with van der Waals surface area (Å²) in [5.74, 6) is -1.52. The molecule has 98 valence electrons. The maximum Gasteiger partial charge on any atom is 0.322 e. The van der Waals surface area contributed by atoms with E-state index in [-0.39, 0.29) is 18.8 Å². The molecule has 1 fully saturated rings. The Hall–Kier alpha value is -1.69. The number of nitrogens with zero attached hydrogens (tertiary/aromatic N) is 1. The summed E-state index contributed by atoms with van der Waals surface area (Å²) in [4.78, 5) is 13.0. The molecule has 1 aromatic rings. The topological polar surface area (TPSA) is 52.6 Å². The second kappa shape index (κ2) is 4.53. The van der Waals surface area contributed by atoms with Crippen molar-refractivity contribution in [2.45, 2.75) is 18.9 Å². The van der Waals surface area contributed by atoms with Crippen molar-refractivity contribution in [1.82, 2.24) is 4.90 Å². The highest BCUT2D eigenvalue weighted by atomic mass is 19.1. The number of hydrogen-bond acceptors (Lipinski definition) is 2. The maximum atomic E-state index is 13.3. The summed E-state index contributed by atoms with van der Waals surface area (Å²) in [6.07, 6.45) is 0.557. The number of likely N-dealkylation sites (tertiary alicyclic amines) is 1. The average molecular weight is 256 g/mol. The smallest absolute Gasteiger partial charge is 0.322 e. The molecular weight excluding hydrogens is 242 g/mol. The van der Waals surface area contributed by atoms with Crippen LogP contribution in [0.2, 0.25) is 0 Å². The molecule has 2 rings (SSSR count). The van der Waals surface area contributed by atoms with E-state index < -0.39 is 23.3 Å². The zero-order valence-corrected chi connectivity index (χ0v) is 9.91. The molecule has 0 unspecified atom stereocenters. The molecule has 0 bridgehead atoms. The molecule has 1 aliphatic heterocycles. The lowest BCUT2D eigenvalue weighted by molar-refractivity contribution is -0.0755. The van der Waals surface area contributed by atoms with Crippen LogP contribution in [-0.4, -0.2) is 34.7 Å². The minimum Gasteiger partial charge on any atom is -0.386 e. The predicted octanol–water partition coefficient (Wildman–Crippen LogP) is 1.95. The van der Waals surface area contributed by atoms with E-state index in [0.29, 0.717) is 12.5 Å². The summed E-state index contributed by atoms with van der Waals surface area (Å²) >= 11 is 0. The van der Waals surface area contributed by atoms with Crippen molar-refractivity contribution in [2.75, 3.05) is 18.4 Å². The molecule has 2 amide bonds. The number of hydrogen-bond donors (Lipinski definition) is 2. The molecular formula is C12H14F2N2O2.